The summed E-state index contributed by atoms with van der Waals surface area (Å²) in [5.41, 5.74) is 3.11. The molecule has 3 rings (SSSR count). The highest BCUT2D eigenvalue weighted by Gasteiger charge is 2.23. The summed E-state index contributed by atoms with van der Waals surface area (Å²) in [4.78, 5) is 28.8. The Morgan fingerprint density at radius 3 is 2.36 bits per heavy atom. The van der Waals surface area contributed by atoms with Gasteiger partial charge in [0.25, 0.3) is 5.91 Å². The van der Waals surface area contributed by atoms with Crippen LogP contribution in [-0.4, -0.2) is 54.3 Å². The largest absolute Gasteiger partial charge is 0.336 e. The van der Waals surface area contributed by atoms with Gasteiger partial charge in [-0.25, -0.2) is 0 Å². The van der Waals surface area contributed by atoms with Gasteiger partial charge in [-0.1, -0.05) is 25.1 Å². The van der Waals surface area contributed by atoms with Crippen molar-refractivity contribution in [2.45, 2.75) is 13.3 Å². The van der Waals surface area contributed by atoms with Crippen LogP contribution in [0, 0.1) is 11.3 Å². The number of nitrogens with one attached hydrogen (secondary N) is 1. The third-order valence-corrected chi connectivity index (χ3v) is 4.96. The lowest BCUT2D eigenvalue weighted by molar-refractivity contribution is -0.117. The number of nitriles is 1. The van der Waals surface area contributed by atoms with Crippen molar-refractivity contribution < 1.29 is 9.59 Å². The maximum atomic E-state index is 12.6. The Labute approximate surface area is 165 Å². The molecule has 0 atom stereocenters. The van der Waals surface area contributed by atoms with Crippen LogP contribution in [0.1, 0.15) is 28.4 Å². The van der Waals surface area contributed by atoms with E-state index in [2.05, 4.69) is 23.2 Å². The predicted molar refractivity (Wildman–Crippen MR) is 108 cm³/mol. The monoisotopic (exact) mass is 376 g/mol. The number of carbonyl (C=O) groups is 2. The molecule has 1 aliphatic heterocycles. The summed E-state index contributed by atoms with van der Waals surface area (Å²) in [6.45, 7) is 4.86. The summed E-state index contributed by atoms with van der Waals surface area (Å²) in [6.07, 6.45) is 0.868. The van der Waals surface area contributed by atoms with E-state index in [0.29, 0.717) is 43.9 Å². The first-order valence-electron chi connectivity index (χ1n) is 9.50. The maximum absolute atomic E-state index is 12.6. The van der Waals surface area contributed by atoms with Gasteiger partial charge in [-0.05, 0) is 42.3 Å². The van der Waals surface area contributed by atoms with Crippen LogP contribution >= 0.6 is 0 Å². The molecule has 1 saturated heterocycles. The Morgan fingerprint density at radius 1 is 1.04 bits per heavy atom. The van der Waals surface area contributed by atoms with Crippen molar-refractivity contribution in [3.63, 3.8) is 0 Å². The summed E-state index contributed by atoms with van der Waals surface area (Å²) >= 11 is 0. The number of benzene rings is 2. The summed E-state index contributed by atoms with van der Waals surface area (Å²) in [7, 11) is 0. The van der Waals surface area contributed by atoms with E-state index in [1.165, 1.54) is 0 Å². The molecule has 0 radical (unpaired) electrons. The van der Waals surface area contributed by atoms with Crippen molar-refractivity contribution in [2.24, 2.45) is 0 Å². The van der Waals surface area contributed by atoms with Crippen molar-refractivity contribution >= 4 is 17.5 Å². The van der Waals surface area contributed by atoms with E-state index < -0.39 is 0 Å². The van der Waals surface area contributed by atoms with Gasteiger partial charge in [0, 0.05) is 37.4 Å². The van der Waals surface area contributed by atoms with Crippen molar-refractivity contribution in [3.05, 3.63) is 65.2 Å². The molecule has 0 aliphatic carbocycles. The number of amides is 2. The Bertz CT molecular complexity index is 878. The van der Waals surface area contributed by atoms with Gasteiger partial charge in [0.15, 0.2) is 0 Å². The summed E-state index contributed by atoms with van der Waals surface area (Å²) in [6, 6.07) is 16.6. The van der Waals surface area contributed by atoms with E-state index in [-0.39, 0.29) is 11.8 Å². The SMILES string of the molecule is CCc1ccccc1NC(=O)CN1CCN(C(=O)c2ccc(C#N)cc2)CC1. The molecule has 6 nitrogen and oxygen atoms in total. The second-order valence-electron chi connectivity index (χ2n) is 6.82. The fourth-order valence-electron chi connectivity index (χ4n) is 3.32. The van der Waals surface area contributed by atoms with Gasteiger partial charge in [-0.15, -0.1) is 0 Å². The molecule has 1 aliphatic rings. The van der Waals surface area contributed by atoms with Crippen LogP contribution in [0.3, 0.4) is 0 Å². The van der Waals surface area contributed by atoms with E-state index >= 15 is 0 Å². The molecule has 0 bridgehead atoms. The molecule has 0 spiro atoms. The number of anilines is 1. The van der Waals surface area contributed by atoms with Crippen molar-refractivity contribution in [2.75, 3.05) is 38.0 Å². The standard InChI is InChI=1S/C22H24N4O2/c1-2-18-5-3-4-6-20(18)24-21(27)16-25-11-13-26(14-12-25)22(28)19-9-7-17(15-23)8-10-19/h3-10H,2,11-14,16H2,1H3,(H,24,27). The van der Waals surface area contributed by atoms with Crippen LogP contribution in [0.2, 0.25) is 0 Å². The molecule has 2 amide bonds. The topological polar surface area (TPSA) is 76.4 Å². The maximum Gasteiger partial charge on any atom is 0.253 e. The summed E-state index contributed by atoms with van der Waals surface area (Å²) in [5, 5.41) is 11.8. The molecule has 2 aromatic carbocycles. The highest BCUT2D eigenvalue weighted by atomic mass is 16.2. The minimum Gasteiger partial charge on any atom is -0.336 e. The molecule has 6 heteroatoms. The number of aryl methyl sites for hydroxylation is 1. The smallest absolute Gasteiger partial charge is 0.253 e. The van der Waals surface area contributed by atoms with Crippen LogP contribution < -0.4 is 5.32 Å². The van der Waals surface area contributed by atoms with Gasteiger partial charge in [-0.3, -0.25) is 14.5 Å². The summed E-state index contributed by atoms with van der Waals surface area (Å²) in [5.74, 6) is -0.0711. The van der Waals surface area contributed by atoms with E-state index in [4.69, 9.17) is 5.26 Å². The molecule has 1 N–H and O–H groups in total. The summed E-state index contributed by atoms with van der Waals surface area (Å²) < 4.78 is 0. The van der Waals surface area contributed by atoms with Crippen molar-refractivity contribution in [1.82, 2.24) is 9.80 Å². The van der Waals surface area contributed by atoms with E-state index in [9.17, 15) is 9.59 Å². The van der Waals surface area contributed by atoms with Gasteiger partial charge in [0.2, 0.25) is 5.91 Å². The van der Waals surface area contributed by atoms with Gasteiger partial charge in [-0.2, -0.15) is 5.26 Å². The predicted octanol–water partition coefficient (Wildman–Crippen LogP) is 2.52. The van der Waals surface area contributed by atoms with Gasteiger partial charge < -0.3 is 10.2 Å². The zero-order chi connectivity index (χ0) is 19.9. The number of carbonyl (C=O) groups excluding carboxylic acids is 2. The highest BCUT2D eigenvalue weighted by molar-refractivity contribution is 5.94. The first kappa shape index (κ1) is 19.6. The van der Waals surface area contributed by atoms with Gasteiger partial charge >= 0.3 is 0 Å². The number of para-hydroxylation sites is 1. The van der Waals surface area contributed by atoms with Crippen LogP contribution in [0.4, 0.5) is 5.69 Å². The number of nitrogens with zero attached hydrogens (tertiary/aromatic N) is 3. The fourth-order valence-corrected chi connectivity index (χ4v) is 3.32. The third-order valence-electron chi connectivity index (χ3n) is 4.96. The number of rotatable bonds is 5. The highest BCUT2D eigenvalue weighted by Crippen LogP contribution is 2.16. The average Bonchev–Trinajstić information content (AvgIpc) is 2.74. The first-order valence-corrected chi connectivity index (χ1v) is 9.50. The molecule has 1 heterocycles. The second-order valence-corrected chi connectivity index (χ2v) is 6.82. The normalized spacial score (nSPS) is 14.4. The minimum atomic E-state index is -0.0366. The molecular weight excluding hydrogens is 352 g/mol. The Kier molecular flexibility index (Phi) is 6.41. The van der Waals surface area contributed by atoms with Gasteiger partial charge in [0.1, 0.15) is 0 Å². The van der Waals surface area contributed by atoms with E-state index in [1.807, 2.05) is 24.3 Å². The Morgan fingerprint density at radius 2 is 1.71 bits per heavy atom. The Hall–Kier alpha value is -3.17. The number of hydrogen-bond donors (Lipinski definition) is 1. The number of piperazine rings is 1. The molecule has 2 aromatic rings. The zero-order valence-corrected chi connectivity index (χ0v) is 16.0. The van der Waals surface area contributed by atoms with Crippen LogP contribution in [0.5, 0.6) is 0 Å². The molecule has 0 aromatic heterocycles. The lowest BCUT2D eigenvalue weighted by Gasteiger charge is -2.34. The van der Waals surface area contributed by atoms with Crippen LogP contribution in [-0.2, 0) is 11.2 Å². The van der Waals surface area contributed by atoms with Crippen molar-refractivity contribution in [1.29, 1.82) is 5.26 Å². The first-order chi connectivity index (χ1) is 13.6. The molecule has 0 saturated carbocycles. The van der Waals surface area contributed by atoms with Gasteiger partial charge in [0.05, 0.1) is 18.2 Å². The molecule has 28 heavy (non-hydrogen) atoms. The molecule has 0 unspecified atom stereocenters. The average molecular weight is 376 g/mol. The van der Waals surface area contributed by atoms with E-state index in [1.54, 1.807) is 29.2 Å². The second kappa shape index (κ2) is 9.16. The third kappa shape index (κ3) is 4.76. The number of hydrogen-bond acceptors (Lipinski definition) is 4. The molecular formula is C22H24N4O2. The van der Waals surface area contributed by atoms with E-state index in [0.717, 1.165) is 17.7 Å². The molecule has 1 fully saturated rings. The lowest BCUT2D eigenvalue weighted by atomic mass is 10.1. The van der Waals surface area contributed by atoms with Crippen LogP contribution in [0.15, 0.2) is 48.5 Å². The fraction of sp³-hybridized carbons (Fsp3) is 0.318. The molecule has 144 valence electrons. The van der Waals surface area contributed by atoms with Crippen molar-refractivity contribution in [3.8, 4) is 6.07 Å². The Balaban J connectivity index is 1.50. The lowest BCUT2D eigenvalue weighted by Crippen LogP contribution is -2.50. The zero-order valence-electron chi connectivity index (χ0n) is 16.0. The van der Waals surface area contributed by atoms with Crippen LogP contribution in [0.25, 0.3) is 0 Å². The minimum absolute atomic E-state index is 0.0345. The quantitative estimate of drug-likeness (QED) is 0.870.